The molecule has 0 saturated carbocycles. The molecule has 1 rings (SSSR count). The normalized spacial score (nSPS) is 9.67. The summed E-state index contributed by atoms with van der Waals surface area (Å²) >= 11 is 3.34. The van der Waals surface area contributed by atoms with Crippen LogP contribution in [0.2, 0.25) is 0 Å². The fraction of sp³-hybridized carbons (Fsp3) is 0.364. The molecule has 0 aliphatic carbocycles. The predicted molar refractivity (Wildman–Crippen MR) is 63.6 cm³/mol. The maximum atomic E-state index is 11.7. The largest absolute Gasteiger partial charge is 0.350 e. The minimum atomic E-state index is -0.0854. The molecule has 0 unspecified atom stereocenters. The van der Waals surface area contributed by atoms with Gasteiger partial charge in [-0.2, -0.15) is 0 Å². The molecule has 80 valence electrons. The van der Waals surface area contributed by atoms with E-state index in [1.807, 2.05) is 17.7 Å². The Balaban J connectivity index is 2.69. The standard InChI is InChI=1S/C11H13BrN2O/c1-3-5-6-13-11(15)10-7-9(12)8-14(10)4-2/h1,7-8H,4-6H2,2H3,(H,13,15). The van der Waals surface area contributed by atoms with Crippen LogP contribution < -0.4 is 5.32 Å². The third kappa shape index (κ3) is 3.14. The lowest BCUT2D eigenvalue weighted by Crippen LogP contribution is -2.26. The molecule has 4 heteroatoms. The van der Waals surface area contributed by atoms with Gasteiger partial charge in [0.1, 0.15) is 5.69 Å². The monoisotopic (exact) mass is 268 g/mol. The van der Waals surface area contributed by atoms with Crippen LogP contribution in [-0.2, 0) is 6.54 Å². The summed E-state index contributed by atoms with van der Waals surface area (Å²) in [5.41, 5.74) is 0.654. The summed E-state index contributed by atoms with van der Waals surface area (Å²) in [4.78, 5) is 11.7. The zero-order chi connectivity index (χ0) is 11.3. The van der Waals surface area contributed by atoms with Gasteiger partial charge in [-0.25, -0.2) is 0 Å². The van der Waals surface area contributed by atoms with Gasteiger partial charge in [0.15, 0.2) is 0 Å². The molecule has 0 aliphatic heterocycles. The lowest BCUT2D eigenvalue weighted by molar-refractivity contribution is 0.0945. The number of hydrogen-bond acceptors (Lipinski definition) is 1. The molecule has 15 heavy (non-hydrogen) atoms. The maximum Gasteiger partial charge on any atom is 0.267 e. The Hall–Kier alpha value is -1.21. The Morgan fingerprint density at radius 1 is 1.73 bits per heavy atom. The zero-order valence-corrected chi connectivity index (χ0v) is 10.2. The van der Waals surface area contributed by atoms with Crippen LogP contribution in [0.4, 0.5) is 0 Å². The molecule has 1 aromatic heterocycles. The van der Waals surface area contributed by atoms with E-state index in [9.17, 15) is 4.79 Å². The smallest absolute Gasteiger partial charge is 0.267 e. The molecule has 1 aromatic rings. The minimum Gasteiger partial charge on any atom is -0.350 e. The first-order chi connectivity index (χ1) is 7.19. The van der Waals surface area contributed by atoms with Crippen molar-refractivity contribution in [2.45, 2.75) is 19.9 Å². The van der Waals surface area contributed by atoms with Gasteiger partial charge in [-0.3, -0.25) is 4.79 Å². The van der Waals surface area contributed by atoms with E-state index in [-0.39, 0.29) is 5.91 Å². The van der Waals surface area contributed by atoms with Crippen molar-refractivity contribution in [2.75, 3.05) is 6.54 Å². The average molecular weight is 269 g/mol. The van der Waals surface area contributed by atoms with Gasteiger partial charge >= 0.3 is 0 Å². The number of carbonyl (C=O) groups is 1. The number of hydrogen-bond donors (Lipinski definition) is 1. The number of halogens is 1. The molecule has 0 saturated heterocycles. The lowest BCUT2D eigenvalue weighted by Gasteiger charge is -2.05. The molecule has 0 spiro atoms. The first kappa shape index (κ1) is 11.9. The number of rotatable bonds is 4. The van der Waals surface area contributed by atoms with Crippen LogP contribution in [0, 0.1) is 12.3 Å². The highest BCUT2D eigenvalue weighted by atomic mass is 79.9. The highest BCUT2D eigenvalue weighted by molar-refractivity contribution is 9.10. The molecule has 1 heterocycles. The van der Waals surface area contributed by atoms with Crippen molar-refractivity contribution in [2.24, 2.45) is 0 Å². The number of aromatic nitrogens is 1. The van der Waals surface area contributed by atoms with Gasteiger partial charge < -0.3 is 9.88 Å². The van der Waals surface area contributed by atoms with Crippen molar-refractivity contribution in [1.29, 1.82) is 0 Å². The molecule has 0 fully saturated rings. The van der Waals surface area contributed by atoms with Crippen LogP contribution >= 0.6 is 15.9 Å². The van der Waals surface area contributed by atoms with E-state index in [0.29, 0.717) is 18.7 Å². The predicted octanol–water partition coefficient (Wildman–Crippen LogP) is 2.02. The fourth-order valence-corrected chi connectivity index (χ4v) is 1.73. The molecule has 0 atom stereocenters. The van der Waals surface area contributed by atoms with Gasteiger partial charge in [-0.05, 0) is 28.9 Å². The van der Waals surface area contributed by atoms with Gasteiger partial charge in [-0.1, -0.05) is 0 Å². The highest BCUT2D eigenvalue weighted by Crippen LogP contribution is 2.14. The second kappa shape index (κ2) is 5.62. The number of amides is 1. The summed E-state index contributed by atoms with van der Waals surface area (Å²) in [7, 11) is 0. The average Bonchev–Trinajstić information content (AvgIpc) is 2.60. The topological polar surface area (TPSA) is 34.0 Å². The summed E-state index contributed by atoms with van der Waals surface area (Å²) in [6.07, 6.45) is 7.54. The van der Waals surface area contributed by atoms with Gasteiger partial charge in [0.2, 0.25) is 0 Å². The highest BCUT2D eigenvalue weighted by Gasteiger charge is 2.10. The van der Waals surface area contributed by atoms with Crippen LogP contribution in [0.1, 0.15) is 23.8 Å². The van der Waals surface area contributed by atoms with Gasteiger partial charge in [-0.15, -0.1) is 12.3 Å². The first-order valence-corrected chi connectivity index (χ1v) is 5.55. The Kier molecular flexibility index (Phi) is 4.44. The second-order valence-corrected chi connectivity index (χ2v) is 3.96. The summed E-state index contributed by atoms with van der Waals surface area (Å²) in [5.74, 6) is 2.39. The number of terminal acetylenes is 1. The van der Waals surface area contributed by atoms with Gasteiger partial charge in [0.05, 0.1) is 0 Å². The number of carbonyl (C=O) groups excluding carboxylic acids is 1. The molecule has 1 N–H and O–H groups in total. The second-order valence-electron chi connectivity index (χ2n) is 3.04. The molecule has 0 aromatic carbocycles. The van der Waals surface area contributed by atoms with E-state index in [1.54, 1.807) is 6.07 Å². The van der Waals surface area contributed by atoms with E-state index >= 15 is 0 Å². The first-order valence-electron chi connectivity index (χ1n) is 4.76. The molecule has 1 amide bonds. The van der Waals surface area contributed by atoms with Crippen LogP contribution in [0.5, 0.6) is 0 Å². The van der Waals surface area contributed by atoms with Crippen LogP contribution in [0.3, 0.4) is 0 Å². The van der Waals surface area contributed by atoms with E-state index in [4.69, 9.17) is 6.42 Å². The van der Waals surface area contributed by atoms with Crippen molar-refractivity contribution in [3.63, 3.8) is 0 Å². The number of nitrogens with one attached hydrogen (secondary N) is 1. The lowest BCUT2D eigenvalue weighted by atomic mass is 10.3. The van der Waals surface area contributed by atoms with Crippen LogP contribution in [0.15, 0.2) is 16.7 Å². The third-order valence-corrected chi connectivity index (χ3v) is 2.43. The van der Waals surface area contributed by atoms with E-state index in [0.717, 1.165) is 11.0 Å². The minimum absolute atomic E-state index is 0.0854. The number of aryl methyl sites for hydroxylation is 1. The molecule has 0 radical (unpaired) electrons. The summed E-state index contributed by atoms with van der Waals surface area (Å²) in [5, 5.41) is 2.76. The van der Waals surface area contributed by atoms with Crippen LogP contribution in [0.25, 0.3) is 0 Å². The van der Waals surface area contributed by atoms with Gasteiger partial charge in [0, 0.05) is 30.2 Å². The Morgan fingerprint density at radius 3 is 3.07 bits per heavy atom. The molecular weight excluding hydrogens is 256 g/mol. The van der Waals surface area contributed by atoms with Crippen molar-refractivity contribution in [3.05, 3.63) is 22.4 Å². The van der Waals surface area contributed by atoms with Crippen molar-refractivity contribution in [1.82, 2.24) is 9.88 Å². The molecule has 3 nitrogen and oxygen atoms in total. The zero-order valence-electron chi connectivity index (χ0n) is 8.59. The summed E-state index contributed by atoms with van der Waals surface area (Å²) in [6.45, 7) is 3.27. The molecule has 0 aliphatic rings. The van der Waals surface area contributed by atoms with E-state index in [2.05, 4.69) is 27.2 Å². The van der Waals surface area contributed by atoms with Crippen molar-refractivity contribution >= 4 is 21.8 Å². The van der Waals surface area contributed by atoms with Crippen LogP contribution in [-0.4, -0.2) is 17.0 Å². The van der Waals surface area contributed by atoms with Crippen molar-refractivity contribution < 1.29 is 4.79 Å². The van der Waals surface area contributed by atoms with Crippen molar-refractivity contribution in [3.8, 4) is 12.3 Å². The summed E-state index contributed by atoms with van der Waals surface area (Å²) in [6, 6.07) is 1.80. The quantitative estimate of drug-likeness (QED) is 0.658. The SMILES string of the molecule is C#CCCNC(=O)c1cc(Br)cn1CC. The summed E-state index contributed by atoms with van der Waals surface area (Å²) < 4.78 is 2.79. The Labute approximate surface area is 98.0 Å². The Bertz CT molecular complexity index is 390. The third-order valence-electron chi connectivity index (χ3n) is 1.99. The van der Waals surface area contributed by atoms with E-state index < -0.39 is 0 Å². The maximum absolute atomic E-state index is 11.7. The number of nitrogens with zero attached hydrogens (tertiary/aromatic N) is 1. The van der Waals surface area contributed by atoms with E-state index in [1.165, 1.54) is 0 Å². The molecule has 0 bridgehead atoms. The molecular formula is C11H13BrN2O. The fourth-order valence-electron chi connectivity index (χ4n) is 1.27. The Morgan fingerprint density at radius 2 is 2.47 bits per heavy atom. The van der Waals surface area contributed by atoms with Gasteiger partial charge in [0.25, 0.3) is 5.91 Å².